The predicted molar refractivity (Wildman–Crippen MR) is 47.2 cm³/mol. The molecule has 0 unspecified atom stereocenters. The van der Waals surface area contributed by atoms with Crippen molar-refractivity contribution in [2.75, 3.05) is 7.11 Å². The first kappa shape index (κ1) is 11.7. The zero-order valence-electron chi connectivity index (χ0n) is 7.91. The van der Waals surface area contributed by atoms with Crippen molar-refractivity contribution in [3.63, 3.8) is 0 Å². The summed E-state index contributed by atoms with van der Waals surface area (Å²) in [4.78, 5) is 10.7. The van der Waals surface area contributed by atoms with Gasteiger partial charge >= 0.3 is 6.18 Å². The third-order valence-corrected chi connectivity index (χ3v) is 2.11. The number of alkyl halides is 3. The Hall–Kier alpha value is -1.36. The summed E-state index contributed by atoms with van der Waals surface area (Å²) in [6.45, 7) is 0. The zero-order chi connectivity index (χ0) is 11.5. The lowest BCUT2D eigenvalue weighted by Crippen LogP contribution is -2.45. The lowest BCUT2D eigenvalue weighted by Gasteiger charge is -2.29. The second-order valence-corrected chi connectivity index (χ2v) is 2.92. The van der Waals surface area contributed by atoms with Crippen LogP contribution in [-0.2, 0) is 15.1 Å². The molecule has 0 bridgehead atoms. The second-order valence-electron chi connectivity index (χ2n) is 2.92. The molecule has 0 aliphatic carbocycles. The molecule has 0 saturated carbocycles. The number of halogens is 3. The normalized spacial score (nSPS) is 15.7. The molecule has 0 radical (unpaired) electrons. The molecule has 1 rings (SSSR count). The highest BCUT2D eigenvalue weighted by atomic mass is 19.4. The average molecular weight is 218 g/mol. The molecular formula is C10H9F3O2. The van der Waals surface area contributed by atoms with E-state index in [0.717, 1.165) is 7.11 Å². The molecular weight excluding hydrogens is 209 g/mol. The summed E-state index contributed by atoms with van der Waals surface area (Å²) in [6, 6.07) is 6.79. The third-order valence-electron chi connectivity index (χ3n) is 2.11. The van der Waals surface area contributed by atoms with Gasteiger partial charge in [0.15, 0.2) is 6.29 Å². The van der Waals surface area contributed by atoms with Crippen LogP contribution >= 0.6 is 0 Å². The molecule has 2 nitrogen and oxygen atoms in total. The van der Waals surface area contributed by atoms with Crippen molar-refractivity contribution < 1.29 is 22.7 Å². The summed E-state index contributed by atoms with van der Waals surface area (Å²) in [5.41, 5.74) is -3.09. The molecule has 82 valence electrons. The van der Waals surface area contributed by atoms with E-state index in [-0.39, 0.29) is 11.8 Å². The monoisotopic (exact) mass is 218 g/mol. The average Bonchev–Trinajstić information content (AvgIpc) is 2.20. The number of aldehydes is 1. The number of hydrogen-bond acceptors (Lipinski definition) is 2. The fourth-order valence-corrected chi connectivity index (χ4v) is 1.27. The maximum Gasteiger partial charge on any atom is 0.428 e. The molecule has 0 heterocycles. The van der Waals surface area contributed by atoms with Gasteiger partial charge in [0.05, 0.1) is 0 Å². The smallest absolute Gasteiger partial charge is 0.358 e. The lowest BCUT2D eigenvalue weighted by atomic mass is 9.94. The quantitative estimate of drug-likeness (QED) is 0.727. The number of carbonyl (C=O) groups excluding carboxylic acids is 1. The van der Waals surface area contributed by atoms with Crippen LogP contribution in [0.25, 0.3) is 0 Å². The van der Waals surface area contributed by atoms with Crippen LogP contribution in [0, 0.1) is 0 Å². The van der Waals surface area contributed by atoms with Gasteiger partial charge < -0.3 is 4.74 Å². The van der Waals surface area contributed by atoms with E-state index in [0.29, 0.717) is 0 Å². The Kier molecular flexibility index (Phi) is 3.14. The predicted octanol–water partition coefficient (Wildman–Crippen LogP) is 2.29. The Morgan fingerprint density at radius 1 is 1.20 bits per heavy atom. The van der Waals surface area contributed by atoms with E-state index in [2.05, 4.69) is 4.74 Å². The minimum Gasteiger partial charge on any atom is -0.358 e. The number of rotatable bonds is 3. The van der Waals surface area contributed by atoms with Crippen LogP contribution in [0.3, 0.4) is 0 Å². The highest BCUT2D eigenvalue weighted by Gasteiger charge is 2.57. The van der Waals surface area contributed by atoms with Crippen LogP contribution in [0.15, 0.2) is 30.3 Å². The molecule has 1 atom stereocenters. The first-order chi connectivity index (χ1) is 6.98. The SMILES string of the molecule is CO[C@](C=O)(c1ccccc1)C(F)(F)F. The fourth-order valence-electron chi connectivity index (χ4n) is 1.27. The van der Waals surface area contributed by atoms with E-state index in [4.69, 9.17) is 0 Å². The fraction of sp³-hybridized carbons (Fsp3) is 0.300. The maximum atomic E-state index is 12.7. The van der Waals surface area contributed by atoms with Gasteiger partial charge in [0.2, 0.25) is 5.60 Å². The molecule has 0 aromatic heterocycles. The minimum atomic E-state index is -4.77. The van der Waals surface area contributed by atoms with Crippen molar-refractivity contribution in [3.8, 4) is 0 Å². The molecule has 1 aromatic rings. The zero-order valence-corrected chi connectivity index (χ0v) is 7.91. The minimum absolute atomic E-state index is 0.227. The van der Waals surface area contributed by atoms with Crippen molar-refractivity contribution in [2.45, 2.75) is 11.8 Å². The van der Waals surface area contributed by atoms with E-state index in [1.54, 1.807) is 6.07 Å². The second kappa shape index (κ2) is 4.02. The van der Waals surface area contributed by atoms with Gasteiger partial charge in [-0.2, -0.15) is 13.2 Å². The van der Waals surface area contributed by atoms with E-state index in [1.807, 2.05) is 0 Å². The largest absolute Gasteiger partial charge is 0.428 e. The molecule has 1 aromatic carbocycles. The summed E-state index contributed by atoms with van der Waals surface area (Å²) >= 11 is 0. The third kappa shape index (κ3) is 1.87. The number of methoxy groups -OCH3 is 1. The summed E-state index contributed by atoms with van der Waals surface area (Å²) in [5, 5.41) is 0. The van der Waals surface area contributed by atoms with Crippen LogP contribution in [0.1, 0.15) is 5.56 Å². The van der Waals surface area contributed by atoms with Crippen LogP contribution in [0.5, 0.6) is 0 Å². The Bertz CT molecular complexity index is 334. The van der Waals surface area contributed by atoms with Gasteiger partial charge in [0, 0.05) is 12.7 Å². The van der Waals surface area contributed by atoms with Gasteiger partial charge in [-0.25, -0.2) is 0 Å². The van der Waals surface area contributed by atoms with Gasteiger partial charge in [-0.05, 0) is 0 Å². The number of benzene rings is 1. The van der Waals surface area contributed by atoms with Gasteiger partial charge in [-0.1, -0.05) is 30.3 Å². The standard InChI is InChI=1S/C10H9F3O2/c1-15-9(7-14,10(11,12)13)8-5-3-2-4-6-8/h2-7H,1H3/t9-/m1/s1. The van der Waals surface area contributed by atoms with Crippen LogP contribution in [0.2, 0.25) is 0 Å². The Labute approximate surface area is 84.7 Å². The molecule has 0 spiro atoms. The molecule has 0 aliphatic rings. The first-order valence-corrected chi connectivity index (χ1v) is 4.11. The Morgan fingerprint density at radius 3 is 2.07 bits per heavy atom. The summed E-state index contributed by atoms with van der Waals surface area (Å²) in [6.07, 6.45) is -5.01. The molecule has 0 N–H and O–H groups in total. The Balaban J connectivity index is 3.30. The number of hydrogen-bond donors (Lipinski definition) is 0. The van der Waals surface area contributed by atoms with Crippen molar-refractivity contribution in [3.05, 3.63) is 35.9 Å². The van der Waals surface area contributed by atoms with Crippen molar-refractivity contribution in [1.82, 2.24) is 0 Å². The van der Waals surface area contributed by atoms with Crippen LogP contribution in [0.4, 0.5) is 13.2 Å². The molecule has 0 fully saturated rings. The molecule has 0 aliphatic heterocycles. The van der Waals surface area contributed by atoms with E-state index < -0.39 is 11.8 Å². The highest BCUT2D eigenvalue weighted by molar-refractivity contribution is 5.67. The number of ether oxygens (including phenoxy) is 1. The maximum absolute atomic E-state index is 12.7. The van der Waals surface area contributed by atoms with Gasteiger partial charge in [0.1, 0.15) is 0 Å². The Morgan fingerprint density at radius 2 is 1.73 bits per heavy atom. The van der Waals surface area contributed by atoms with Crippen molar-refractivity contribution in [2.24, 2.45) is 0 Å². The van der Waals surface area contributed by atoms with E-state index in [9.17, 15) is 18.0 Å². The van der Waals surface area contributed by atoms with Gasteiger partial charge in [-0.15, -0.1) is 0 Å². The molecule has 15 heavy (non-hydrogen) atoms. The molecule has 0 saturated heterocycles. The molecule has 5 heteroatoms. The van der Waals surface area contributed by atoms with Crippen LogP contribution in [-0.4, -0.2) is 19.6 Å². The topological polar surface area (TPSA) is 26.3 Å². The van der Waals surface area contributed by atoms with Crippen LogP contribution < -0.4 is 0 Å². The molecule has 0 amide bonds. The number of carbonyl (C=O) groups is 1. The van der Waals surface area contributed by atoms with Gasteiger partial charge in [0.25, 0.3) is 0 Å². The van der Waals surface area contributed by atoms with Crippen molar-refractivity contribution in [1.29, 1.82) is 0 Å². The van der Waals surface area contributed by atoms with Gasteiger partial charge in [-0.3, -0.25) is 4.79 Å². The highest BCUT2D eigenvalue weighted by Crippen LogP contribution is 2.39. The van der Waals surface area contributed by atoms with E-state index in [1.165, 1.54) is 24.3 Å². The summed E-state index contributed by atoms with van der Waals surface area (Å²) in [5.74, 6) is 0. The van der Waals surface area contributed by atoms with E-state index >= 15 is 0 Å². The first-order valence-electron chi connectivity index (χ1n) is 4.11. The summed E-state index contributed by atoms with van der Waals surface area (Å²) in [7, 11) is 0.856. The lowest BCUT2D eigenvalue weighted by molar-refractivity contribution is -0.258. The van der Waals surface area contributed by atoms with Crippen molar-refractivity contribution >= 4 is 6.29 Å². The summed E-state index contributed by atoms with van der Waals surface area (Å²) < 4.78 is 42.5.